The Hall–Kier alpha value is -1.76. The van der Waals surface area contributed by atoms with E-state index in [2.05, 4.69) is 42.4 Å². The molecule has 0 unspecified atom stereocenters. The van der Waals surface area contributed by atoms with Crippen LogP contribution in [-0.4, -0.2) is 12.6 Å². The number of halogens is 1. The summed E-state index contributed by atoms with van der Waals surface area (Å²) in [6, 6.07) is 12.2. The predicted molar refractivity (Wildman–Crippen MR) is 113 cm³/mol. The Morgan fingerprint density at radius 3 is 2.42 bits per heavy atom. The minimum atomic E-state index is 0. The molecule has 0 fully saturated rings. The zero-order valence-electron chi connectivity index (χ0n) is 14.7. The minimum absolute atomic E-state index is 0. The first-order chi connectivity index (χ1) is 11.0. The number of aliphatic imine (C=N–C) groups is 1. The number of hydrogen-bond acceptors (Lipinski definition) is 2. The molecule has 2 aromatic rings. The average Bonchev–Trinajstić information content (AvgIpc) is 2.51. The Balaban J connectivity index is 0.00000288. The highest BCUT2D eigenvalue weighted by molar-refractivity contribution is 14.0. The molecule has 0 aliphatic rings. The quantitative estimate of drug-likeness (QED) is 0.408. The monoisotopic (exact) mass is 439 g/mol. The van der Waals surface area contributed by atoms with Gasteiger partial charge in [0.25, 0.3) is 0 Å². The van der Waals surface area contributed by atoms with E-state index in [0.29, 0.717) is 19.1 Å². The molecule has 0 saturated carbocycles. The van der Waals surface area contributed by atoms with Crippen molar-refractivity contribution in [3.8, 4) is 5.75 Å². The number of anilines is 1. The highest BCUT2D eigenvalue weighted by atomic mass is 127. The smallest absolute Gasteiger partial charge is 0.193 e. The second kappa shape index (κ2) is 9.52. The van der Waals surface area contributed by atoms with Gasteiger partial charge in [-0.1, -0.05) is 18.2 Å². The van der Waals surface area contributed by atoms with Gasteiger partial charge in [-0.15, -0.1) is 24.0 Å². The van der Waals surface area contributed by atoms with Crippen LogP contribution in [0.3, 0.4) is 0 Å². The lowest BCUT2D eigenvalue weighted by atomic mass is 10.1. The van der Waals surface area contributed by atoms with Gasteiger partial charge >= 0.3 is 0 Å². The lowest BCUT2D eigenvalue weighted by Gasteiger charge is -2.09. The molecule has 0 spiro atoms. The van der Waals surface area contributed by atoms with Crippen LogP contribution < -0.4 is 15.8 Å². The van der Waals surface area contributed by atoms with Crippen molar-refractivity contribution in [1.82, 2.24) is 0 Å². The standard InChI is InChI=1S/C19H25N3O.HI/c1-5-23-18-9-7-16(10-15(18)4)12-21-19(20)22-17-8-6-13(2)14(3)11-17;/h6-11H,5,12H2,1-4H3,(H3,20,21,22);1H. The van der Waals surface area contributed by atoms with Gasteiger partial charge in [-0.2, -0.15) is 0 Å². The van der Waals surface area contributed by atoms with Crippen molar-refractivity contribution in [3.05, 3.63) is 58.7 Å². The molecule has 0 amide bonds. The van der Waals surface area contributed by atoms with Crippen LogP contribution in [0.15, 0.2) is 41.4 Å². The summed E-state index contributed by atoms with van der Waals surface area (Å²) < 4.78 is 5.54. The maximum atomic E-state index is 5.97. The van der Waals surface area contributed by atoms with Crippen molar-refractivity contribution in [2.24, 2.45) is 10.7 Å². The zero-order chi connectivity index (χ0) is 16.8. The van der Waals surface area contributed by atoms with Gasteiger partial charge in [0, 0.05) is 5.69 Å². The van der Waals surface area contributed by atoms with E-state index >= 15 is 0 Å². The molecule has 0 aromatic heterocycles. The van der Waals surface area contributed by atoms with Crippen molar-refractivity contribution in [2.75, 3.05) is 11.9 Å². The fourth-order valence-corrected chi connectivity index (χ4v) is 2.31. The van der Waals surface area contributed by atoms with E-state index < -0.39 is 0 Å². The maximum Gasteiger partial charge on any atom is 0.193 e. The Labute approximate surface area is 161 Å². The summed E-state index contributed by atoms with van der Waals surface area (Å²) in [5.41, 5.74) is 11.6. The molecule has 0 atom stereocenters. The fraction of sp³-hybridized carbons (Fsp3) is 0.316. The summed E-state index contributed by atoms with van der Waals surface area (Å²) in [4.78, 5) is 4.40. The van der Waals surface area contributed by atoms with Crippen LogP contribution in [0.1, 0.15) is 29.2 Å². The molecule has 0 aliphatic heterocycles. The maximum absolute atomic E-state index is 5.97. The Morgan fingerprint density at radius 1 is 1.04 bits per heavy atom. The van der Waals surface area contributed by atoms with E-state index in [1.165, 1.54) is 11.1 Å². The van der Waals surface area contributed by atoms with Gasteiger partial charge in [-0.25, -0.2) is 4.99 Å². The van der Waals surface area contributed by atoms with E-state index in [1.807, 2.05) is 32.0 Å². The zero-order valence-corrected chi connectivity index (χ0v) is 17.0. The Morgan fingerprint density at radius 2 is 1.79 bits per heavy atom. The molecular weight excluding hydrogens is 413 g/mol. The number of benzene rings is 2. The number of aryl methyl sites for hydroxylation is 3. The first-order valence-corrected chi connectivity index (χ1v) is 7.86. The Kier molecular flexibility index (Phi) is 8.04. The molecule has 2 aromatic carbocycles. The molecule has 24 heavy (non-hydrogen) atoms. The third kappa shape index (κ3) is 5.70. The molecule has 3 N–H and O–H groups in total. The van der Waals surface area contributed by atoms with Gasteiger partial charge in [0.1, 0.15) is 5.75 Å². The van der Waals surface area contributed by atoms with Crippen LogP contribution in [0.4, 0.5) is 5.69 Å². The van der Waals surface area contributed by atoms with Gasteiger partial charge in [-0.05, 0) is 68.1 Å². The molecule has 0 radical (unpaired) electrons. The van der Waals surface area contributed by atoms with Crippen molar-refractivity contribution >= 4 is 35.6 Å². The number of nitrogens with zero attached hydrogens (tertiary/aromatic N) is 1. The van der Waals surface area contributed by atoms with Crippen molar-refractivity contribution in [2.45, 2.75) is 34.2 Å². The normalized spacial score (nSPS) is 10.9. The molecule has 4 nitrogen and oxygen atoms in total. The van der Waals surface area contributed by atoms with Gasteiger partial charge in [0.05, 0.1) is 13.2 Å². The lowest BCUT2D eigenvalue weighted by Crippen LogP contribution is -2.22. The van der Waals surface area contributed by atoms with Crippen LogP contribution >= 0.6 is 24.0 Å². The van der Waals surface area contributed by atoms with E-state index in [0.717, 1.165) is 22.6 Å². The fourth-order valence-electron chi connectivity index (χ4n) is 2.31. The van der Waals surface area contributed by atoms with E-state index in [1.54, 1.807) is 0 Å². The molecular formula is C19H26IN3O. The van der Waals surface area contributed by atoms with Crippen LogP contribution in [0.5, 0.6) is 5.75 Å². The first-order valence-electron chi connectivity index (χ1n) is 7.86. The van der Waals surface area contributed by atoms with Gasteiger partial charge < -0.3 is 15.8 Å². The van der Waals surface area contributed by atoms with E-state index in [9.17, 15) is 0 Å². The second-order valence-corrected chi connectivity index (χ2v) is 5.66. The number of hydrogen-bond donors (Lipinski definition) is 2. The summed E-state index contributed by atoms with van der Waals surface area (Å²) in [6.45, 7) is 9.40. The molecule has 0 heterocycles. The highest BCUT2D eigenvalue weighted by Crippen LogP contribution is 2.19. The molecule has 0 aliphatic carbocycles. The summed E-state index contributed by atoms with van der Waals surface area (Å²) >= 11 is 0. The first kappa shape index (κ1) is 20.3. The lowest BCUT2D eigenvalue weighted by molar-refractivity contribution is 0.338. The number of rotatable bonds is 5. The third-order valence-electron chi connectivity index (χ3n) is 3.75. The van der Waals surface area contributed by atoms with Crippen LogP contribution in [0.25, 0.3) is 0 Å². The molecule has 130 valence electrons. The summed E-state index contributed by atoms with van der Waals surface area (Å²) in [5, 5.41) is 3.13. The van der Waals surface area contributed by atoms with Crippen molar-refractivity contribution in [3.63, 3.8) is 0 Å². The molecule has 0 saturated heterocycles. The second-order valence-electron chi connectivity index (χ2n) is 5.66. The van der Waals surface area contributed by atoms with Gasteiger partial charge in [-0.3, -0.25) is 0 Å². The molecule has 2 rings (SSSR count). The van der Waals surface area contributed by atoms with Crippen molar-refractivity contribution < 1.29 is 4.74 Å². The number of guanidine groups is 1. The predicted octanol–water partition coefficient (Wildman–Crippen LogP) is 4.56. The average molecular weight is 439 g/mol. The molecule has 0 bridgehead atoms. The number of ether oxygens (including phenoxy) is 1. The topological polar surface area (TPSA) is 59.6 Å². The third-order valence-corrected chi connectivity index (χ3v) is 3.75. The number of nitrogens with one attached hydrogen (secondary N) is 1. The summed E-state index contributed by atoms with van der Waals surface area (Å²) in [5.74, 6) is 1.33. The van der Waals surface area contributed by atoms with Crippen LogP contribution in [-0.2, 0) is 6.54 Å². The molecule has 5 heteroatoms. The summed E-state index contributed by atoms with van der Waals surface area (Å²) in [6.07, 6.45) is 0. The summed E-state index contributed by atoms with van der Waals surface area (Å²) in [7, 11) is 0. The van der Waals surface area contributed by atoms with Crippen LogP contribution in [0, 0.1) is 20.8 Å². The van der Waals surface area contributed by atoms with Gasteiger partial charge in [0.15, 0.2) is 5.96 Å². The highest BCUT2D eigenvalue weighted by Gasteiger charge is 2.01. The number of nitrogens with two attached hydrogens (primary N) is 1. The Bertz CT molecular complexity index is 714. The minimum Gasteiger partial charge on any atom is -0.494 e. The van der Waals surface area contributed by atoms with Crippen LogP contribution in [0.2, 0.25) is 0 Å². The van der Waals surface area contributed by atoms with Crippen molar-refractivity contribution in [1.29, 1.82) is 0 Å². The van der Waals surface area contributed by atoms with E-state index in [4.69, 9.17) is 10.5 Å². The SMILES string of the molecule is CCOc1ccc(CN=C(N)Nc2ccc(C)c(C)c2)cc1C.I. The van der Waals surface area contributed by atoms with E-state index in [-0.39, 0.29) is 24.0 Å². The van der Waals surface area contributed by atoms with Gasteiger partial charge in [0.2, 0.25) is 0 Å². The largest absolute Gasteiger partial charge is 0.494 e.